The molecule has 0 aliphatic carbocycles. The smallest absolute Gasteiger partial charge is 0.243 e. The lowest BCUT2D eigenvalue weighted by Crippen LogP contribution is -2.35. The third kappa shape index (κ3) is 4.04. The molecule has 0 heterocycles. The number of nitrogens with zero attached hydrogens (tertiary/aromatic N) is 1. The van der Waals surface area contributed by atoms with E-state index in [1.165, 1.54) is 4.31 Å². The second-order valence-corrected chi connectivity index (χ2v) is 7.50. The largest absolute Gasteiger partial charge is 0.327 e. The zero-order chi connectivity index (χ0) is 15.3. The van der Waals surface area contributed by atoms with Crippen molar-refractivity contribution in [1.29, 1.82) is 0 Å². The lowest BCUT2D eigenvalue weighted by molar-refractivity contribution is 0.397. The van der Waals surface area contributed by atoms with Gasteiger partial charge in [0, 0.05) is 19.6 Å². The van der Waals surface area contributed by atoms with E-state index in [4.69, 9.17) is 5.73 Å². The summed E-state index contributed by atoms with van der Waals surface area (Å²) < 4.78 is 26.6. The van der Waals surface area contributed by atoms with Gasteiger partial charge in [0.15, 0.2) is 0 Å². The summed E-state index contributed by atoms with van der Waals surface area (Å²) in [7, 11) is -1.81. The Hall–Kier alpha value is -0.910. The normalized spacial score (nSPS) is 13.9. The molecule has 0 radical (unpaired) electrons. The van der Waals surface area contributed by atoms with Crippen molar-refractivity contribution >= 4 is 10.0 Å². The highest BCUT2D eigenvalue weighted by Gasteiger charge is 2.23. The predicted molar refractivity (Wildman–Crippen MR) is 83.1 cm³/mol. The van der Waals surface area contributed by atoms with Crippen LogP contribution in [0.1, 0.15) is 32.8 Å². The third-order valence-corrected chi connectivity index (χ3v) is 5.63. The maximum atomic E-state index is 12.6. The van der Waals surface area contributed by atoms with Gasteiger partial charge in [-0.1, -0.05) is 39.0 Å². The maximum Gasteiger partial charge on any atom is 0.243 e. The number of rotatable bonds is 7. The summed E-state index contributed by atoms with van der Waals surface area (Å²) in [6, 6.07) is 7.19. The standard InChI is InChI=1S/C15H26N2O2S/c1-5-13-8-6-7-9-15(13)20(18,19)17(4)11-10-14(16)12(2)3/h6-9,12,14H,5,10-11,16H2,1-4H3. The van der Waals surface area contributed by atoms with Crippen molar-refractivity contribution in [1.82, 2.24) is 4.31 Å². The molecular weight excluding hydrogens is 272 g/mol. The fourth-order valence-corrected chi connectivity index (χ4v) is 3.48. The minimum Gasteiger partial charge on any atom is -0.327 e. The van der Waals surface area contributed by atoms with Crippen molar-refractivity contribution in [2.45, 2.75) is 44.6 Å². The Balaban J connectivity index is 2.88. The van der Waals surface area contributed by atoms with E-state index in [2.05, 4.69) is 0 Å². The van der Waals surface area contributed by atoms with Gasteiger partial charge in [0.1, 0.15) is 0 Å². The Labute approximate surface area is 123 Å². The van der Waals surface area contributed by atoms with Gasteiger partial charge in [-0.15, -0.1) is 0 Å². The average Bonchev–Trinajstić information content (AvgIpc) is 2.43. The lowest BCUT2D eigenvalue weighted by atomic mass is 10.0. The first-order valence-corrected chi connectivity index (χ1v) is 8.54. The van der Waals surface area contributed by atoms with Crippen molar-refractivity contribution in [2.75, 3.05) is 13.6 Å². The fraction of sp³-hybridized carbons (Fsp3) is 0.600. The number of nitrogens with two attached hydrogens (primary N) is 1. The number of hydrogen-bond donors (Lipinski definition) is 1. The van der Waals surface area contributed by atoms with Crippen molar-refractivity contribution in [3.05, 3.63) is 29.8 Å². The summed E-state index contributed by atoms with van der Waals surface area (Å²) >= 11 is 0. The number of benzene rings is 1. The SMILES string of the molecule is CCc1ccccc1S(=O)(=O)N(C)CCC(N)C(C)C. The lowest BCUT2D eigenvalue weighted by Gasteiger charge is -2.22. The molecule has 1 unspecified atom stereocenters. The van der Waals surface area contributed by atoms with Gasteiger partial charge in [0.05, 0.1) is 4.90 Å². The minimum absolute atomic E-state index is 0.0223. The molecule has 1 aromatic carbocycles. The molecule has 0 bridgehead atoms. The first-order valence-electron chi connectivity index (χ1n) is 7.10. The molecule has 0 amide bonds. The molecule has 2 N–H and O–H groups in total. The highest BCUT2D eigenvalue weighted by molar-refractivity contribution is 7.89. The van der Waals surface area contributed by atoms with Crippen LogP contribution < -0.4 is 5.73 Å². The summed E-state index contributed by atoms with van der Waals surface area (Å²) in [5.41, 5.74) is 6.84. The molecule has 0 aliphatic heterocycles. The first kappa shape index (κ1) is 17.1. The van der Waals surface area contributed by atoms with Crippen molar-refractivity contribution in [3.8, 4) is 0 Å². The fourth-order valence-electron chi connectivity index (χ4n) is 2.00. The van der Waals surface area contributed by atoms with Crippen molar-refractivity contribution < 1.29 is 8.42 Å². The highest BCUT2D eigenvalue weighted by atomic mass is 32.2. The van der Waals surface area contributed by atoms with Gasteiger partial charge in [-0.25, -0.2) is 12.7 Å². The molecule has 0 saturated carbocycles. The molecule has 0 aliphatic rings. The van der Waals surface area contributed by atoms with Crippen LogP contribution in [0.5, 0.6) is 0 Å². The van der Waals surface area contributed by atoms with Gasteiger partial charge in [0.25, 0.3) is 0 Å². The van der Waals surface area contributed by atoms with Crippen molar-refractivity contribution in [3.63, 3.8) is 0 Å². The van der Waals surface area contributed by atoms with Gasteiger partial charge in [0.2, 0.25) is 10.0 Å². The Morgan fingerprint density at radius 2 is 1.85 bits per heavy atom. The Morgan fingerprint density at radius 3 is 2.40 bits per heavy atom. The summed E-state index contributed by atoms with van der Waals surface area (Å²) in [6.45, 7) is 6.50. The van der Waals surface area contributed by atoms with E-state index in [-0.39, 0.29) is 6.04 Å². The number of hydrogen-bond acceptors (Lipinski definition) is 3. The van der Waals surface area contributed by atoms with E-state index >= 15 is 0 Å². The van der Waals surface area contributed by atoms with Gasteiger partial charge >= 0.3 is 0 Å². The van der Waals surface area contributed by atoms with Crippen LogP contribution >= 0.6 is 0 Å². The summed E-state index contributed by atoms with van der Waals surface area (Å²) in [4.78, 5) is 0.406. The third-order valence-electron chi connectivity index (χ3n) is 3.68. The van der Waals surface area contributed by atoms with Crippen LogP contribution in [0.4, 0.5) is 0 Å². The quantitative estimate of drug-likeness (QED) is 0.839. The van der Waals surface area contributed by atoms with Crippen LogP contribution in [0.15, 0.2) is 29.2 Å². The molecule has 1 rings (SSSR count). The molecule has 1 aromatic rings. The zero-order valence-electron chi connectivity index (χ0n) is 12.8. The second kappa shape index (κ2) is 7.20. The monoisotopic (exact) mass is 298 g/mol. The van der Waals surface area contributed by atoms with Crippen molar-refractivity contribution in [2.24, 2.45) is 11.7 Å². The highest BCUT2D eigenvalue weighted by Crippen LogP contribution is 2.20. The molecule has 0 spiro atoms. The van der Waals surface area contributed by atoms with E-state index < -0.39 is 10.0 Å². The van der Waals surface area contributed by atoms with Crippen LogP contribution in [0.25, 0.3) is 0 Å². The Bertz CT molecular complexity index is 526. The predicted octanol–water partition coefficient (Wildman–Crippen LogP) is 2.24. The second-order valence-electron chi connectivity index (χ2n) is 5.48. The van der Waals surface area contributed by atoms with Gasteiger partial charge in [-0.2, -0.15) is 0 Å². The van der Waals surface area contributed by atoms with E-state index in [0.717, 1.165) is 5.56 Å². The van der Waals surface area contributed by atoms with Crippen LogP contribution in [-0.4, -0.2) is 32.4 Å². The summed E-state index contributed by atoms with van der Waals surface area (Å²) in [5, 5.41) is 0. The van der Waals surface area contributed by atoms with Gasteiger partial charge in [-0.05, 0) is 30.4 Å². The minimum atomic E-state index is -3.43. The number of aryl methyl sites for hydroxylation is 1. The average molecular weight is 298 g/mol. The molecular formula is C15H26N2O2S. The molecule has 20 heavy (non-hydrogen) atoms. The van der Waals surface area contributed by atoms with Crippen LogP contribution in [0.3, 0.4) is 0 Å². The molecule has 4 nitrogen and oxygen atoms in total. The Kier molecular flexibility index (Phi) is 6.17. The maximum absolute atomic E-state index is 12.6. The zero-order valence-corrected chi connectivity index (χ0v) is 13.7. The van der Waals surface area contributed by atoms with Crippen LogP contribution in [0.2, 0.25) is 0 Å². The number of sulfonamides is 1. The molecule has 0 saturated heterocycles. The topological polar surface area (TPSA) is 63.4 Å². The van der Waals surface area contributed by atoms with Gasteiger partial charge in [-0.3, -0.25) is 0 Å². The van der Waals surface area contributed by atoms with E-state index in [9.17, 15) is 8.42 Å². The first-order chi connectivity index (χ1) is 9.30. The van der Waals surface area contributed by atoms with E-state index in [1.54, 1.807) is 19.2 Å². The molecule has 0 aromatic heterocycles. The molecule has 5 heteroatoms. The van der Waals surface area contributed by atoms with Crippen LogP contribution in [-0.2, 0) is 16.4 Å². The van der Waals surface area contributed by atoms with Gasteiger partial charge < -0.3 is 5.73 Å². The summed E-state index contributed by atoms with van der Waals surface area (Å²) in [5.74, 6) is 0.356. The van der Waals surface area contributed by atoms with E-state index in [0.29, 0.717) is 30.2 Å². The molecule has 0 fully saturated rings. The summed E-state index contributed by atoms with van der Waals surface area (Å²) in [6.07, 6.45) is 1.37. The van der Waals surface area contributed by atoms with E-state index in [1.807, 2.05) is 32.9 Å². The van der Waals surface area contributed by atoms with Crippen LogP contribution in [0, 0.1) is 5.92 Å². The molecule has 114 valence electrons. The molecule has 1 atom stereocenters. The Morgan fingerprint density at radius 1 is 1.25 bits per heavy atom.